The van der Waals surface area contributed by atoms with Crippen molar-refractivity contribution in [3.63, 3.8) is 0 Å². The van der Waals surface area contributed by atoms with Crippen molar-refractivity contribution in [3.05, 3.63) is 24.6 Å². The fraction of sp³-hybridized carbons (Fsp3) is 0.750. The van der Waals surface area contributed by atoms with Crippen LogP contribution in [0.5, 0.6) is 0 Å². The molecule has 1 amide bonds. The summed E-state index contributed by atoms with van der Waals surface area (Å²) in [4.78, 5) is 33.0. The topological polar surface area (TPSA) is 116 Å². The van der Waals surface area contributed by atoms with Crippen molar-refractivity contribution in [1.82, 2.24) is 10.6 Å². The van der Waals surface area contributed by atoms with Crippen LogP contribution in [0.4, 0.5) is 0 Å². The van der Waals surface area contributed by atoms with Crippen LogP contribution in [0, 0.1) is 0 Å². The third-order valence-electron chi connectivity index (χ3n) is 6.13. The molecule has 0 rings (SSSR count). The highest BCUT2D eigenvalue weighted by molar-refractivity contribution is 5.81. The van der Waals surface area contributed by atoms with Gasteiger partial charge in [0.15, 0.2) is 0 Å². The minimum absolute atomic E-state index is 0.0538. The second kappa shape index (κ2) is 22.2. The molecule has 0 saturated carbocycles. The molecule has 1 unspecified atom stereocenters. The average molecular weight is 495 g/mol. The van der Waals surface area contributed by atoms with Gasteiger partial charge >= 0.3 is 5.97 Å². The minimum Gasteiger partial charge on any atom is -0.511 e. The van der Waals surface area contributed by atoms with Gasteiger partial charge in [-0.15, -0.1) is 0 Å². The summed E-state index contributed by atoms with van der Waals surface area (Å²) >= 11 is 0. The van der Waals surface area contributed by atoms with Crippen LogP contribution >= 0.6 is 0 Å². The van der Waals surface area contributed by atoms with Crippen LogP contribution in [-0.2, 0) is 14.4 Å². The Labute approximate surface area is 212 Å². The summed E-state index contributed by atoms with van der Waals surface area (Å²) in [6.45, 7) is 8.84. The number of aliphatic hydroxyl groups excluding tert-OH is 1. The summed E-state index contributed by atoms with van der Waals surface area (Å²) in [5.41, 5.74) is 0.815. The van der Waals surface area contributed by atoms with Crippen LogP contribution in [0.25, 0.3) is 0 Å². The van der Waals surface area contributed by atoms with E-state index in [1.807, 2.05) is 0 Å². The highest BCUT2D eigenvalue weighted by Crippen LogP contribution is 2.15. The van der Waals surface area contributed by atoms with E-state index in [2.05, 4.69) is 23.8 Å². The Bertz CT molecular complexity index is 633. The average Bonchev–Trinajstić information content (AvgIpc) is 2.79. The Kier molecular flexibility index (Phi) is 20.7. The summed E-state index contributed by atoms with van der Waals surface area (Å²) < 4.78 is 0. The number of carboxylic acid groups (broad SMARTS) is 1. The van der Waals surface area contributed by atoms with Crippen LogP contribution in [0.15, 0.2) is 24.6 Å². The van der Waals surface area contributed by atoms with Crippen LogP contribution in [0.3, 0.4) is 0 Å². The van der Waals surface area contributed by atoms with Gasteiger partial charge in [0, 0.05) is 18.5 Å². The summed E-state index contributed by atoms with van der Waals surface area (Å²) in [5, 5.41) is 23.8. The predicted octanol–water partition coefficient (Wildman–Crippen LogP) is 6.34. The van der Waals surface area contributed by atoms with Crippen LogP contribution < -0.4 is 10.6 Å². The number of unbranched alkanes of at least 4 members (excludes halogenated alkanes) is 13. The normalized spacial score (nSPS) is 11.6. The van der Waals surface area contributed by atoms with Gasteiger partial charge in [0.25, 0.3) is 0 Å². The molecule has 0 saturated heterocycles. The summed E-state index contributed by atoms with van der Waals surface area (Å²) in [7, 11) is 0. The molecule has 0 aliphatic rings. The van der Waals surface area contributed by atoms with E-state index in [1.54, 1.807) is 6.92 Å². The molecule has 0 heterocycles. The number of allylic oxidation sites excluding steroid dienone is 1. The molecule has 0 aliphatic carbocycles. The third kappa shape index (κ3) is 23.2. The maximum Gasteiger partial charge on any atom is 0.322 e. The van der Waals surface area contributed by atoms with Gasteiger partial charge in [0.2, 0.25) is 5.91 Å². The lowest BCUT2D eigenvalue weighted by Crippen LogP contribution is -2.33. The van der Waals surface area contributed by atoms with E-state index in [9.17, 15) is 19.5 Å². The molecule has 0 bridgehead atoms. The first kappa shape index (κ1) is 32.7. The summed E-state index contributed by atoms with van der Waals surface area (Å²) in [6, 6.07) is -0.468. The quantitative estimate of drug-likeness (QED) is 0.0869. The van der Waals surface area contributed by atoms with E-state index in [1.165, 1.54) is 70.6 Å². The Morgan fingerprint density at radius 2 is 1.11 bits per heavy atom. The first-order valence-corrected chi connectivity index (χ1v) is 13.5. The first-order valence-electron chi connectivity index (χ1n) is 13.5. The lowest BCUT2D eigenvalue weighted by atomic mass is 10.0. The van der Waals surface area contributed by atoms with E-state index in [-0.39, 0.29) is 18.1 Å². The van der Waals surface area contributed by atoms with E-state index in [4.69, 9.17) is 5.11 Å². The molecule has 35 heavy (non-hydrogen) atoms. The van der Waals surface area contributed by atoms with E-state index in [0.717, 1.165) is 37.8 Å². The lowest BCUT2D eigenvalue weighted by Gasteiger charge is -2.20. The molecule has 7 nitrogen and oxygen atoms in total. The number of ketones is 1. The Hall–Kier alpha value is -2.31. The highest BCUT2D eigenvalue weighted by atomic mass is 16.4. The fourth-order valence-electron chi connectivity index (χ4n) is 4.01. The number of amides is 1. The van der Waals surface area contributed by atoms with Gasteiger partial charge in [-0.1, -0.05) is 90.2 Å². The number of carboxylic acids is 1. The molecule has 0 fully saturated rings. The zero-order valence-corrected chi connectivity index (χ0v) is 22.0. The van der Waals surface area contributed by atoms with Crippen LogP contribution in [0.2, 0.25) is 0 Å². The first-order chi connectivity index (χ1) is 16.7. The number of carbonyl (C=O) groups is 3. The second-order valence-electron chi connectivity index (χ2n) is 9.65. The van der Waals surface area contributed by atoms with Crippen molar-refractivity contribution in [2.75, 3.05) is 6.54 Å². The van der Waals surface area contributed by atoms with Crippen LogP contribution in [0.1, 0.15) is 122 Å². The summed E-state index contributed by atoms with van der Waals surface area (Å²) in [6.07, 6.45) is 19.3. The Morgan fingerprint density at radius 1 is 0.686 bits per heavy atom. The Balaban J connectivity index is 3.60. The van der Waals surface area contributed by atoms with Gasteiger partial charge in [-0.05, 0) is 32.6 Å². The number of hydrogen-bond acceptors (Lipinski definition) is 5. The number of Topliss-reactive ketones (excluding diaryl/α,β-unsaturated/α-hetero) is 1. The molecular weight excluding hydrogens is 444 g/mol. The zero-order valence-electron chi connectivity index (χ0n) is 22.0. The van der Waals surface area contributed by atoms with Crippen molar-refractivity contribution in [2.24, 2.45) is 0 Å². The fourth-order valence-corrected chi connectivity index (χ4v) is 4.01. The van der Waals surface area contributed by atoms with Crippen molar-refractivity contribution >= 4 is 17.7 Å². The van der Waals surface area contributed by atoms with Gasteiger partial charge in [-0.25, -0.2) is 0 Å². The van der Waals surface area contributed by atoms with Gasteiger partial charge in [0.05, 0.1) is 6.04 Å². The van der Waals surface area contributed by atoms with Gasteiger partial charge in [-0.2, -0.15) is 0 Å². The van der Waals surface area contributed by atoms with Gasteiger partial charge in [-0.3, -0.25) is 9.59 Å². The minimum atomic E-state index is -1.09. The molecule has 0 aromatic heterocycles. The Morgan fingerprint density at radius 3 is 1.51 bits per heavy atom. The highest BCUT2D eigenvalue weighted by Gasteiger charge is 2.15. The van der Waals surface area contributed by atoms with Crippen molar-refractivity contribution in [1.29, 1.82) is 0 Å². The molecule has 0 spiro atoms. The third-order valence-corrected chi connectivity index (χ3v) is 6.13. The number of rotatable bonds is 25. The lowest BCUT2D eigenvalue weighted by molar-refractivity contribution is -0.138. The van der Waals surface area contributed by atoms with E-state index in [0.29, 0.717) is 12.2 Å². The molecule has 0 aromatic rings. The SMILES string of the molecule is C=C(CCCCCCCCCCCCCCCCC(C)=O)NC(CCC(=O)NCC(=O)O)C(=C)O. The van der Waals surface area contributed by atoms with Crippen molar-refractivity contribution < 1.29 is 24.6 Å². The molecule has 0 aliphatic heterocycles. The van der Waals surface area contributed by atoms with Crippen molar-refractivity contribution in [2.45, 2.75) is 129 Å². The maximum atomic E-state index is 11.7. The number of nitrogens with one attached hydrogen (secondary N) is 2. The molecule has 7 heteroatoms. The zero-order chi connectivity index (χ0) is 26.3. The standard InChI is InChI=1S/C28H50N2O5/c1-23(30-26(25(3)32)20-21-27(33)29-22-28(34)35)18-16-14-12-10-8-6-4-5-7-9-11-13-15-17-19-24(2)31/h26,30,32H,1,3-22H2,2H3,(H,29,33)(H,34,35). The number of aliphatic carboxylic acids is 1. The van der Waals surface area contributed by atoms with Gasteiger partial charge < -0.3 is 25.6 Å². The number of hydrogen-bond donors (Lipinski definition) is 4. The molecular formula is C28H50N2O5. The second-order valence-corrected chi connectivity index (χ2v) is 9.65. The van der Waals surface area contributed by atoms with Gasteiger partial charge in [0.1, 0.15) is 18.1 Å². The number of aliphatic hydroxyl groups is 1. The van der Waals surface area contributed by atoms with Crippen LogP contribution in [-0.4, -0.2) is 40.5 Å². The largest absolute Gasteiger partial charge is 0.511 e. The summed E-state index contributed by atoms with van der Waals surface area (Å²) in [5.74, 6) is -1.21. The maximum absolute atomic E-state index is 11.7. The molecule has 0 radical (unpaired) electrons. The molecule has 202 valence electrons. The predicted molar refractivity (Wildman–Crippen MR) is 142 cm³/mol. The number of carbonyl (C=O) groups excluding carboxylic acids is 2. The smallest absolute Gasteiger partial charge is 0.322 e. The molecule has 0 aromatic carbocycles. The van der Waals surface area contributed by atoms with Crippen molar-refractivity contribution in [3.8, 4) is 0 Å². The van der Waals surface area contributed by atoms with E-state index < -0.39 is 18.6 Å². The molecule has 1 atom stereocenters. The monoisotopic (exact) mass is 494 g/mol. The molecule has 4 N–H and O–H groups in total. The van der Waals surface area contributed by atoms with E-state index >= 15 is 0 Å².